The molecule has 0 atom stereocenters. The second kappa shape index (κ2) is 8.48. The first-order valence-corrected chi connectivity index (χ1v) is 11.0. The Kier molecular flexibility index (Phi) is 5.39. The van der Waals surface area contributed by atoms with E-state index in [0.29, 0.717) is 11.6 Å². The molecule has 0 N–H and O–H groups in total. The van der Waals surface area contributed by atoms with E-state index in [4.69, 9.17) is 11.6 Å². The van der Waals surface area contributed by atoms with Crippen LogP contribution >= 0.6 is 11.6 Å². The lowest BCUT2D eigenvalue weighted by molar-refractivity contribution is 0.0782. The lowest BCUT2D eigenvalue weighted by atomic mass is 10.1. The average molecular weight is 430 g/mol. The fourth-order valence-electron chi connectivity index (χ4n) is 4.33. The van der Waals surface area contributed by atoms with Gasteiger partial charge >= 0.3 is 0 Å². The molecule has 0 unspecified atom stereocenters. The van der Waals surface area contributed by atoms with Gasteiger partial charge in [0.05, 0.1) is 5.69 Å². The molecule has 4 nitrogen and oxygen atoms in total. The fraction of sp³-hybridized carbons (Fsp3) is 0.192. The van der Waals surface area contributed by atoms with E-state index in [1.54, 1.807) is 0 Å². The van der Waals surface area contributed by atoms with Gasteiger partial charge in [0, 0.05) is 48.8 Å². The number of amides is 1. The molecule has 1 fully saturated rings. The van der Waals surface area contributed by atoms with Crippen LogP contribution in [0.1, 0.15) is 28.9 Å². The summed E-state index contributed by atoms with van der Waals surface area (Å²) in [7, 11) is 0. The van der Waals surface area contributed by atoms with E-state index in [-0.39, 0.29) is 5.91 Å². The van der Waals surface area contributed by atoms with E-state index >= 15 is 0 Å². The van der Waals surface area contributed by atoms with Crippen molar-refractivity contribution in [3.63, 3.8) is 0 Å². The average Bonchev–Trinajstić information content (AvgIpc) is 3.55. The zero-order valence-electron chi connectivity index (χ0n) is 17.2. The largest absolute Gasteiger partial charge is 0.337 e. The van der Waals surface area contributed by atoms with E-state index in [1.165, 1.54) is 0 Å². The van der Waals surface area contributed by atoms with Crippen molar-refractivity contribution in [2.24, 2.45) is 0 Å². The maximum atomic E-state index is 13.7. The van der Waals surface area contributed by atoms with Crippen LogP contribution in [0.3, 0.4) is 0 Å². The number of benzene rings is 2. The Hall–Kier alpha value is -3.24. The SMILES string of the molecule is O=C(c1c(-n2cccc2)c(-c2ccc(Cl)cc2)cn1Cc1ccccc1)N1CCCC1. The Morgan fingerprint density at radius 2 is 1.55 bits per heavy atom. The summed E-state index contributed by atoms with van der Waals surface area (Å²) in [6.07, 6.45) is 8.24. The van der Waals surface area contributed by atoms with E-state index in [2.05, 4.69) is 27.5 Å². The van der Waals surface area contributed by atoms with Gasteiger partial charge in [0.15, 0.2) is 0 Å². The number of nitrogens with zero attached hydrogens (tertiary/aromatic N) is 3. The first-order chi connectivity index (χ1) is 15.2. The third-order valence-corrected chi connectivity index (χ3v) is 6.11. The smallest absolute Gasteiger partial charge is 0.272 e. The molecule has 4 aromatic rings. The molecular weight excluding hydrogens is 406 g/mol. The summed E-state index contributed by atoms with van der Waals surface area (Å²) in [5.74, 6) is 0.0948. The molecule has 2 aromatic carbocycles. The summed E-state index contributed by atoms with van der Waals surface area (Å²) >= 11 is 6.15. The Labute approximate surface area is 187 Å². The maximum Gasteiger partial charge on any atom is 0.272 e. The van der Waals surface area contributed by atoms with Gasteiger partial charge in [-0.25, -0.2) is 0 Å². The molecule has 156 valence electrons. The molecule has 0 saturated carbocycles. The third kappa shape index (κ3) is 3.91. The van der Waals surface area contributed by atoms with Gasteiger partial charge in [-0.3, -0.25) is 4.79 Å². The molecule has 0 radical (unpaired) electrons. The predicted molar refractivity (Wildman–Crippen MR) is 125 cm³/mol. The van der Waals surface area contributed by atoms with Crippen molar-refractivity contribution < 1.29 is 4.79 Å². The Morgan fingerprint density at radius 3 is 2.23 bits per heavy atom. The minimum Gasteiger partial charge on any atom is -0.337 e. The fourth-order valence-corrected chi connectivity index (χ4v) is 4.46. The molecule has 1 saturated heterocycles. The molecule has 1 aliphatic rings. The number of carbonyl (C=O) groups is 1. The Bertz CT molecular complexity index is 1170. The first-order valence-electron chi connectivity index (χ1n) is 10.7. The molecule has 31 heavy (non-hydrogen) atoms. The van der Waals surface area contributed by atoms with Gasteiger partial charge in [-0.1, -0.05) is 54.1 Å². The molecule has 2 aromatic heterocycles. The van der Waals surface area contributed by atoms with Gasteiger partial charge in [-0.15, -0.1) is 0 Å². The van der Waals surface area contributed by atoms with Crippen molar-refractivity contribution >= 4 is 17.5 Å². The number of carbonyl (C=O) groups excluding carboxylic acids is 1. The van der Waals surface area contributed by atoms with Gasteiger partial charge in [-0.05, 0) is 48.2 Å². The van der Waals surface area contributed by atoms with Crippen molar-refractivity contribution in [2.45, 2.75) is 19.4 Å². The molecule has 1 amide bonds. The summed E-state index contributed by atoms with van der Waals surface area (Å²) in [5, 5.41) is 0.698. The third-order valence-electron chi connectivity index (χ3n) is 5.86. The van der Waals surface area contributed by atoms with Gasteiger partial charge in [-0.2, -0.15) is 0 Å². The number of hydrogen-bond acceptors (Lipinski definition) is 1. The normalized spacial score (nSPS) is 13.6. The monoisotopic (exact) mass is 429 g/mol. The van der Waals surface area contributed by atoms with Crippen LogP contribution in [0.15, 0.2) is 85.3 Å². The Morgan fingerprint density at radius 1 is 0.871 bits per heavy atom. The minimum absolute atomic E-state index is 0.0948. The number of aromatic nitrogens is 2. The van der Waals surface area contributed by atoms with E-state index < -0.39 is 0 Å². The molecule has 5 rings (SSSR count). The highest BCUT2D eigenvalue weighted by Crippen LogP contribution is 2.34. The van der Waals surface area contributed by atoms with Crippen molar-refractivity contribution in [1.82, 2.24) is 14.0 Å². The lowest BCUT2D eigenvalue weighted by Gasteiger charge is -2.19. The number of likely N-dealkylation sites (tertiary alicyclic amines) is 1. The second-order valence-electron chi connectivity index (χ2n) is 7.95. The van der Waals surface area contributed by atoms with Crippen molar-refractivity contribution in [3.8, 4) is 16.8 Å². The van der Waals surface area contributed by atoms with Crippen LogP contribution in [0.2, 0.25) is 5.02 Å². The topological polar surface area (TPSA) is 30.2 Å². The zero-order chi connectivity index (χ0) is 21.2. The molecule has 3 heterocycles. The van der Waals surface area contributed by atoms with Crippen molar-refractivity contribution in [1.29, 1.82) is 0 Å². The second-order valence-corrected chi connectivity index (χ2v) is 8.39. The van der Waals surface area contributed by atoms with Crippen LogP contribution in [0, 0.1) is 0 Å². The standard InChI is InChI=1S/C26H24ClN3O/c27-22-12-10-21(11-13-22)23-19-30(18-20-8-2-1-3-9-20)25(24(23)28-14-4-5-15-28)26(31)29-16-6-7-17-29/h1-5,8-15,19H,6-7,16-18H2. The van der Waals surface area contributed by atoms with Crippen LogP contribution in [-0.2, 0) is 6.54 Å². The molecule has 0 aliphatic carbocycles. The summed E-state index contributed by atoms with van der Waals surface area (Å²) < 4.78 is 4.16. The van der Waals surface area contributed by atoms with E-state index in [9.17, 15) is 4.79 Å². The zero-order valence-corrected chi connectivity index (χ0v) is 18.0. The summed E-state index contributed by atoms with van der Waals surface area (Å²) in [6.45, 7) is 2.27. The highest BCUT2D eigenvalue weighted by atomic mass is 35.5. The Balaban J connectivity index is 1.71. The van der Waals surface area contributed by atoms with Crippen LogP contribution in [0.25, 0.3) is 16.8 Å². The van der Waals surface area contributed by atoms with Gasteiger partial charge in [0.2, 0.25) is 0 Å². The minimum atomic E-state index is 0.0948. The van der Waals surface area contributed by atoms with Gasteiger partial charge in [0.25, 0.3) is 5.91 Å². The first kappa shape index (κ1) is 19.7. The molecule has 0 spiro atoms. The van der Waals surface area contributed by atoms with Gasteiger partial charge in [0.1, 0.15) is 5.69 Å². The lowest BCUT2D eigenvalue weighted by Crippen LogP contribution is -2.30. The highest BCUT2D eigenvalue weighted by Gasteiger charge is 2.29. The highest BCUT2D eigenvalue weighted by molar-refractivity contribution is 6.30. The molecular formula is C26H24ClN3O. The maximum absolute atomic E-state index is 13.7. The van der Waals surface area contributed by atoms with Crippen LogP contribution in [0.5, 0.6) is 0 Å². The molecule has 5 heteroatoms. The predicted octanol–water partition coefficient (Wildman–Crippen LogP) is 5.88. The summed E-state index contributed by atoms with van der Waals surface area (Å²) in [5.41, 5.74) is 4.86. The number of rotatable bonds is 5. The summed E-state index contributed by atoms with van der Waals surface area (Å²) in [4.78, 5) is 15.7. The van der Waals surface area contributed by atoms with Crippen molar-refractivity contribution in [2.75, 3.05) is 13.1 Å². The van der Waals surface area contributed by atoms with Crippen LogP contribution in [0.4, 0.5) is 0 Å². The number of hydrogen-bond donors (Lipinski definition) is 0. The van der Waals surface area contributed by atoms with E-state index in [1.807, 2.05) is 71.9 Å². The van der Waals surface area contributed by atoms with Gasteiger partial charge < -0.3 is 14.0 Å². The summed E-state index contributed by atoms with van der Waals surface area (Å²) in [6, 6.07) is 22.1. The molecule has 1 aliphatic heterocycles. The quantitative estimate of drug-likeness (QED) is 0.389. The number of halogens is 1. The molecule has 0 bridgehead atoms. The van der Waals surface area contributed by atoms with Crippen molar-refractivity contribution in [3.05, 3.63) is 102 Å². The van der Waals surface area contributed by atoms with E-state index in [0.717, 1.165) is 54.0 Å². The van der Waals surface area contributed by atoms with Crippen LogP contribution in [-0.4, -0.2) is 33.0 Å². The van der Waals surface area contributed by atoms with Crippen LogP contribution < -0.4 is 0 Å².